The topological polar surface area (TPSA) is 74.8 Å². The maximum atomic E-state index is 11.9. The first-order valence-electron chi connectivity index (χ1n) is 5.54. The molecule has 0 aliphatic heterocycles. The molecule has 0 fully saturated rings. The van der Waals surface area contributed by atoms with Gasteiger partial charge < -0.3 is 4.98 Å². The lowest BCUT2D eigenvalue weighted by molar-refractivity contribution is 0.554. The van der Waals surface area contributed by atoms with E-state index in [4.69, 9.17) is 0 Å². The van der Waals surface area contributed by atoms with E-state index in [0.29, 0.717) is 12.2 Å². The van der Waals surface area contributed by atoms with Crippen molar-refractivity contribution in [2.75, 3.05) is 12.0 Å². The number of aryl methyl sites for hydroxylation is 1. The smallest absolute Gasteiger partial charge is 0.257 e. The number of rotatable bonds is 7. The first kappa shape index (κ1) is 14.5. The number of aromatic nitrogens is 2. The minimum atomic E-state index is -3.46. The minimum absolute atomic E-state index is 0.0687. The summed E-state index contributed by atoms with van der Waals surface area (Å²) in [5, 5.41) is 0.144. The van der Waals surface area contributed by atoms with Gasteiger partial charge in [-0.2, -0.15) is 11.8 Å². The summed E-state index contributed by atoms with van der Waals surface area (Å²) in [6.45, 7) is 3.79. The molecule has 17 heavy (non-hydrogen) atoms. The number of H-pyrrole nitrogens is 1. The highest BCUT2D eigenvalue weighted by Crippen LogP contribution is 2.08. The maximum Gasteiger partial charge on any atom is 0.257 e. The van der Waals surface area contributed by atoms with Crippen molar-refractivity contribution in [2.45, 2.75) is 37.8 Å². The zero-order valence-corrected chi connectivity index (χ0v) is 12.0. The van der Waals surface area contributed by atoms with E-state index in [9.17, 15) is 8.42 Å². The number of hydrogen-bond donors (Lipinski definition) is 2. The van der Waals surface area contributed by atoms with Crippen molar-refractivity contribution in [2.24, 2.45) is 0 Å². The molecule has 0 radical (unpaired) electrons. The van der Waals surface area contributed by atoms with Gasteiger partial charge in [0, 0.05) is 12.5 Å². The Labute approximate surface area is 107 Å². The van der Waals surface area contributed by atoms with Gasteiger partial charge >= 0.3 is 0 Å². The first-order chi connectivity index (χ1) is 7.99. The molecule has 0 bridgehead atoms. The van der Waals surface area contributed by atoms with Gasteiger partial charge in [0.2, 0.25) is 0 Å². The number of thioether (sulfide) groups is 1. The number of nitrogens with zero attached hydrogens (tertiary/aromatic N) is 1. The van der Waals surface area contributed by atoms with E-state index < -0.39 is 10.0 Å². The summed E-state index contributed by atoms with van der Waals surface area (Å²) in [6.07, 6.45) is 4.87. The number of aromatic amines is 1. The summed E-state index contributed by atoms with van der Waals surface area (Å²) in [6, 6.07) is -0.0687. The number of sulfonamides is 1. The average Bonchev–Trinajstić information content (AvgIpc) is 2.75. The van der Waals surface area contributed by atoms with Gasteiger partial charge in [-0.1, -0.05) is 6.92 Å². The average molecular weight is 277 g/mol. The second kappa shape index (κ2) is 6.42. The molecule has 0 amide bonds. The fraction of sp³-hybridized carbons (Fsp3) is 0.700. The van der Waals surface area contributed by atoms with E-state index in [1.807, 2.05) is 20.1 Å². The number of nitrogens with one attached hydrogen (secondary N) is 2. The van der Waals surface area contributed by atoms with Gasteiger partial charge in [0.05, 0.1) is 6.20 Å². The van der Waals surface area contributed by atoms with Crippen LogP contribution < -0.4 is 4.72 Å². The Balaban J connectivity index is 2.68. The van der Waals surface area contributed by atoms with Crippen molar-refractivity contribution in [3.8, 4) is 0 Å². The van der Waals surface area contributed by atoms with Crippen LogP contribution in [0.15, 0.2) is 11.2 Å². The summed E-state index contributed by atoms with van der Waals surface area (Å²) in [4.78, 5) is 6.79. The molecule has 0 aromatic carbocycles. The molecular formula is C10H19N3O2S2. The molecular weight excluding hydrogens is 258 g/mol. The zero-order chi connectivity index (χ0) is 12.9. The lowest BCUT2D eigenvalue weighted by atomic mass is 10.3. The highest BCUT2D eigenvalue weighted by atomic mass is 32.2. The lowest BCUT2D eigenvalue weighted by Crippen LogP contribution is -2.33. The molecule has 1 unspecified atom stereocenters. The van der Waals surface area contributed by atoms with Gasteiger partial charge in [-0.15, -0.1) is 0 Å². The van der Waals surface area contributed by atoms with Crippen molar-refractivity contribution in [1.29, 1.82) is 0 Å². The Hall–Kier alpha value is -0.530. The molecule has 0 aliphatic carbocycles. The van der Waals surface area contributed by atoms with Crippen molar-refractivity contribution in [3.05, 3.63) is 12.0 Å². The molecule has 7 heteroatoms. The van der Waals surface area contributed by atoms with Crippen LogP contribution in [0.4, 0.5) is 0 Å². The van der Waals surface area contributed by atoms with Crippen molar-refractivity contribution in [3.63, 3.8) is 0 Å². The van der Waals surface area contributed by atoms with Gasteiger partial charge in [0.15, 0.2) is 5.03 Å². The fourth-order valence-corrected chi connectivity index (χ4v) is 3.15. The van der Waals surface area contributed by atoms with Gasteiger partial charge in [-0.25, -0.2) is 18.1 Å². The summed E-state index contributed by atoms with van der Waals surface area (Å²) < 4.78 is 26.5. The van der Waals surface area contributed by atoms with E-state index in [1.54, 1.807) is 11.8 Å². The summed E-state index contributed by atoms with van der Waals surface area (Å²) in [5.74, 6) is 1.62. The molecule has 1 aromatic rings. The summed E-state index contributed by atoms with van der Waals surface area (Å²) in [7, 11) is -3.46. The SMILES string of the molecule is CCc1ncc(S(=O)(=O)NC(C)CCSC)[nH]1. The van der Waals surface area contributed by atoms with Crippen LogP contribution in [0.5, 0.6) is 0 Å². The highest BCUT2D eigenvalue weighted by Gasteiger charge is 2.19. The van der Waals surface area contributed by atoms with Crippen molar-refractivity contribution < 1.29 is 8.42 Å². The van der Waals surface area contributed by atoms with Crippen LogP contribution in [-0.4, -0.2) is 36.4 Å². The standard InChI is InChI=1S/C10H19N3O2S2/c1-4-9-11-7-10(12-9)17(14,15)13-8(2)5-6-16-3/h7-8,13H,4-6H2,1-3H3,(H,11,12). The molecule has 1 atom stereocenters. The largest absolute Gasteiger partial charge is 0.332 e. The molecule has 5 nitrogen and oxygen atoms in total. The first-order valence-corrected chi connectivity index (χ1v) is 8.42. The van der Waals surface area contributed by atoms with E-state index in [1.165, 1.54) is 6.20 Å². The van der Waals surface area contributed by atoms with Crippen molar-refractivity contribution in [1.82, 2.24) is 14.7 Å². The zero-order valence-electron chi connectivity index (χ0n) is 10.4. The fourth-order valence-electron chi connectivity index (χ4n) is 1.34. The van der Waals surface area contributed by atoms with Gasteiger partial charge in [0.25, 0.3) is 10.0 Å². The van der Waals surface area contributed by atoms with Crippen LogP contribution in [-0.2, 0) is 16.4 Å². The van der Waals surface area contributed by atoms with E-state index >= 15 is 0 Å². The van der Waals surface area contributed by atoms with Crippen LogP contribution in [0, 0.1) is 0 Å². The van der Waals surface area contributed by atoms with Crippen LogP contribution in [0.1, 0.15) is 26.1 Å². The molecule has 0 saturated heterocycles. The molecule has 98 valence electrons. The minimum Gasteiger partial charge on any atom is -0.332 e. The van der Waals surface area contributed by atoms with E-state index in [-0.39, 0.29) is 11.1 Å². The van der Waals surface area contributed by atoms with Crippen LogP contribution in [0.2, 0.25) is 0 Å². The third-order valence-corrected chi connectivity index (χ3v) is 4.48. The molecule has 0 aliphatic rings. The van der Waals surface area contributed by atoms with Crippen LogP contribution >= 0.6 is 11.8 Å². The molecule has 1 heterocycles. The lowest BCUT2D eigenvalue weighted by Gasteiger charge is -2.12. The molecule has 2 N–H and O–H groups in total. The molecule has 1 aromatic heterocycles. The second-order valence-electron chi connectivity index (χ2n) is 3.85. The van der Waals surface area contributed by atoms with E-state index in [0.717, 1.165) is 12.2 Å². The second-order valence-corrected chi connectivity index (χ2v) is 6.52. The Kier molecular flexibility index (Phi) is 5.48. The number of imidazole rings is 1. The predicted octanol–water partition coefficient (Wildman–Crippen LogP) is 1.39. The third kappa shape index (κ3) is 4.33. The third-order valence-electron chi connectivity index (χ3n) is 2.34. The monoisotopic (exact) mass is 277 g/mol. The van der Waals surface area contributed by atoms with Gasteiger partial charge in [0.1, 0.15) is 5.82 Å². The van der Waals surface area contributed by atoms with E-state index in [2.05, 4.69) is 14.7 Å². The Morgan fingerprint density at radius 3 is 2.82 bits per heavy atom. The summed E-state index contributed by atoms with van der Waals surface area (Å²) in [5.41, 5.74) is 0. The molecule has 0 saturated carbocycles. The normalized spacial score (nSPS) is 13.8. The predicted molar refractivity (Wildman–Crippen MR) is 70.7 cm³/mol. The van der Waals surface area contributed by atoms with Crippen LogP contribution in [0.25, 0.3) is 0 Å². The Morgan fingerprint density at radius 1 is 1.59 bits per heavy atom. The van der Waals surface area contributed by atoms with Crippen molar-refractivity contribution >= 4 is 21.8 Å². The quantitative estimate of drug-likeness (QED) is 0.790. The van der Waals surface area contributed by atoms with Crippen LogP contribution in [0.3, 0.4) is 0 Å². The molecule has 0 spiro atoms. The Bertz CT molecular complexity index is 442. The maximum absolute atomic E-state index is 11.9. The van der Waals surface area contributed by atoms with Gasteiger partial charge in [-0.05, 0) is 25.4 Å². The highest BCUT2D eigenvalue weighted by molar-refractivity contribution is 7.98. The molecule has 1 rings (SSSR count). The Morgan fingerprint density at radius 2 is 2.29 bits per heavy atom. The number of hydrogen-bond acceptors (Lipinski definition) is 4. The van der Waals surface area contributed by atoms with Gasteiger partial charge in [-0.3, -0.25) is 0 Å². The summed E-state index contributed by atoms with van der Waals surface area (Å²) >= 11 is 1.70.